The molecule has 4 nitrogen and oxygen atoms in total. The van der Waals surface area contributed by atoms with Crippen LogP contribution in [0.5, 0.6) is 0 Å². The molecule has 0 amide bonds. The zero-order valence-corrected chi connectivity index (χ0v) is 9.40. The number of aromatic nitrogens is 1. The lowest BCUT2D eigenvalue weighted by Gasteiger charge is -1.92. The molecule has 5 heteroatoms. The van der Waals surface area contributed by atoms with Gasteiger partial charge in [-0.15, -0.1) is 0 Å². The van der Waals surface area contributed by atoms with Crippen molar-refractivity contribution >= 4 is 27.7 Å². The van der Waals surface area contributed by atoms with Gasteiger partial charge >= 0.3 is 5.97 Å². The SMILES string of the molecule is O=C(O)c1cc2nc(-c3ccccc3)oc2s1. The van der Waals surface area contributed by atoms with Gasteiger partial charge in [-0.05, 0) is 18.2 Å². The first-order chi connectivity index (χ1) is 8.24. The molecule has 0 saturated heterocycles. The number of fused-ring (bicyclic) bond motifs is 1. The van der Waals surface area contributed by atoms with Crippen LogP contribution in [0.3, 0.4) is 0 Å². The minimum Gasteiger partial charge on any atom is -0.477 e. The lowest BCUT2D eigenvalue weighted by Crippen LogP contribution is -1.89. The third kappa shape index (κ3) is 1.70. The zero-order chi connectivity index (χ0) is 11.8. The molecule has 2 heterocycles. The van der Waals surface area contributed by atoms with Crippen LogP contribution in [0.15, 0.2) is 40.8 Å². The van der Waals surface area contributed by atoms with Crippen LogP contribution in [0.2, 0.25) is 0 Å². The molecule has 84 valence electrons. The molecule has 17 heavy (non-hydrogen) atoms. The van der Waals surface area contributed by atoms with Crippen molar-refractivity contribution in [2.75, 3.05) is 0 Å². The van der Waals surface area contributed by atoms with Crippen LogP contribution in [0.4, 0.5) is 0 Å². The maximum Gasteiger partial charge on any atom is 0.346 e. The molecule has 3 rings (SSSR count). The molecule has 0 aliphatic rings. The summed E-state index contributed by atoms with van der Waals surface area (Å²) in [6.07, 6.45) is 0. The number of rotatable bonds is 2. The van der Waals surface area contributed by atoms with Crippen molar-refractivity contribution in [1.82, 2.24) is 4.98 Å². The summed E-state index contributed by atoms with van der Waals surface area (Å²) in [5, 5.41) is 8.83. The second-order valence-electron chi connectivity index (χ2n) is 3.47. The Bertz CT molecular complexity index is 653. The van der Waals surface area contributed by atoms with Crippen molar-refractivity contribution < 1.29 is 14.3 Å². The van der Waals surface area contributed by atoms with E-state index in [0.717, 1.165) is 16.9 Å². The first-order valence-electron chi connectivity index (χ1n) is 4.93. The molecule has 1 N–H and O–H groups in total. The minimum atomic E-state index is -0.954. The Balaban J connectivity index is 2.10. The fraction of sp³-hybridized carbons (Fsp3) is 0. The minimum absolute atomic E-state index is 0.242. The van der Waals surface area contributed by atoms with Gasteiger partial charge in [-0.3, -0.25) is 0 Å². The Hall–Kier alpha value is -2.14. The molecule has 2 aromatic heterocycles. The summed E-state index contributed by atoms with van der Waals surface area (Å²) in [4.78, 5) is 15.8. The third-order valence-electron chi connectivity index (χ3n) is 2.32. The second-order valence-corrected chi connectivity index (χ2v) is 4.49. The van der Waals surface area contributed by atoms with Crippen LogP contribution in [-0.2, 0) is 0 Å². The number of hydrogen-bond acceptors (Lipinski definition) is 4. The number of benzene rings is 1. The van der Waals surface area contributed by atoms with Crippen LogP contribution < -0.4 is 0 Å². The molecule has 0 bridgehead atoms. The summed E-state index contributed by atoms with van der Waals surface area (Å²) in [5.74, 6) is -0.437. The van der Waals surface area contributed by atoms with Crippen LogP contribution in [0.1, 0.15) is 9.67 Å². The van der Waals surface area contributed by atoms with Gasteiger partial charge in [-0.25, -0.2) is 9.78 Å². The highest BCUT2D eigenvalue weighted by atomic mass is 32.1. The van der Waals surface area contributed by atoms with E-state index >= 15 is 0 Å². The zero-order valence-electron chi connectivity index (χ0n) is 8.58. The Kier molecular flexibility index (Phi) is 2.19. The number of carboxylic acid groups (broad SMARTS) is 1. The smallest absolute Gasteiger partial charge is 0.346 e. The fourth-order valence-corrected chi connectivity index (χ4v) is 2.33. The van der Waals surface area contributed by atoms with Gasteiger partial charge in [0.2, 0.25) is 10.8 Å². The summed E-state index contributed by atoms with van der Waals surface area (Å²) >= 11 is 1.09. The van der Waals surface area contributed by atoms with Gasteiger partial charge in [0.15, 0.2) is 0 Å². The highest BCUT2D eigenvalue weighted by Gasteiger charge is 2.14. The predicted molar refractivity (Wildman–Crippen MR) is 64.3 cm³/mol. The monoisotopic (exact) mass is 245 g/mol. The number of nitrogens with zero attached hydrogens (tertiary/aromatic N) is 1. The van der Waals surface area contributed by atoms with E-state index in [0.29, 0.717) is 16.3 Å². The number of oxazole rings is 1. The molecule has 1 aromatic carbocycles. The van der Waals surface area contributed by atoms with Crippen molar-refractivity contribution in [1.29, 1.82) is 0 Å². The van der Waals surface area contributed by atoms with Gasteiger partial charge in [-0.2, -0.15) is 0 Å². The average molecular weight is 245 g/mol. The van der Waals surface area contributed by atoms with E-state index in [1.54, 1.807) is 0 Å². The maximum absolute atomic E-state index is 10.8. The molecule has 3 aromatic rings. The number of carboxylic acids is 1. The number of thiophene rings is 1. The summed E-state index contributed by atoms with van der Waals surface area (Å²) in [7, 11) is 0. The normalized spacial score (nSPS) is 10.8. The van der Waals surface area contributed by atoms with E-state index in [9.17, 15) is 4.79 Å². The standard InChI is InChI=1S/C12H7NO3S/c14-11(15)9-6-8-12(17-9)16-10(13-8)7-4-2-1-3-5-7/h1-6H,(H,14,15). The first kappa shape index (κ1) is 10.0. The predicted octanol–water partition coefficient (Wildman–Crippen LogP) is 3.25. The van der Waals surface area contributed by atoms with E-state index in [-0.39, 0.29) is 4.88 Å². The van der Waals surface area contributed by atoms with E-state index in [2.05, 4.69) is 4.98 Å². The largest absolute Gasteiger partial charge is 0.477 e. The Morgan fingerprint density at radius 3 is 2.71 bits per heavy atom. The van der Waals surface area contributed by atoms with Crippen molar-refractivity contribution in [2.45, 2.75) is 0 Å². The van der Waals surface area contributed by atoms with Gasteiger partial charge in [0.05, 0.1) is 0 Å². The van der Waals surface area contributed by atoms with E-state index in [1.165, 1.54) is 6.07 Å². The lowest BCUT2D eigenvalue weighted by molar-refractivity contribution is 0.0702. The average Bonchev–Trinajstić information content (AvgIpc) is 2.87. The third-order valence-corrected chi connectivity index (χ3v) is 3.31. The fourth-order valence-electron chi connectivity index (χ4n) is 1.55. The van der Waals surface area contributed by atoms with E-state index in [1.807, 2.05) is 30.3 Å². The molecule has 0 saturated carbocycles. The first-order valence-corrected chi connectivity index (χ1v) is 5.75. The van der Waals surface area contributed by atoms with Crippen molar-refractivity contribution in [2.24, 2.45) is 0 Å². The van der Waals surface area contributed by atoms with Crippen LogP contribution in [-0.4, -0.2) is 16.1 Å². The van der Waals surface area contributed by atoms with Crippen molar-refractivity contribution in [3.05, 3.63) is 41.3 Å². The molecule has 0 unspecified atom stereocenters. The van der Waals surface area contributed by atoms with E-state index in [4.69, 9.17) is 9.52 Å². The Morgan fingerprint density at radius 2 is 2.06 bits per heavy atom. The number of carbonyl (C=O) groups is 1. The van der Waals surface area contributed by atoms with Crippen molar-refractivity contribution in [3.8, 4) is 11.5 Å². The maximum atomic E-state index is 10.8. The molecular weight excluding hydrogens is 238 g/mol. The Labute approximate surface area is 100 Å². The summed E-state index contributed by atoms with van der Waals surface area (Å²) in [6, 6.07) is 11.0. The lowest BCUT2D eigenvalue weighted by atomic mass is 10.2. The summed E-state index contributed by atoms with van der Waals surface area (Å²) in [5.41, 5.74) is 1.47. The van der Waals surface area contributed by atoms with E-state index < -0.39 is 5.97 Å². The van der Waals surface area contributed by atoms with Gasteiger partial charge in [-0.1, -0.05) is 29.5 Å². The highest BCUT2D eigenvalue weighted by molar-refractivity contribution is 7.20. The molecule has 0 radical (unpaired) electrons. The summed E-state index contributed by atoms with van der Waals surface area (Å²) < 4.78 is 5.53. The number of aromatic carboxylic acids is 1. The van der Waals surface area contributed by atoms with Crippen LogP contribution in [0, 0.1) is 0 Å². The molecule has 0 aliphatic heterocycles. The molecule has 0 spiro atoms. The highest BCUT2D eigenvalue weighted by Crippen LogP contribution is 2.30. The topological polar surface area (TPSA) is 63.3 Å². The van der Waals surface area contributed by atoms with Crippen LogP contribution in [0.25, 0.3) is 21.9 Å². The van der Waals surface area contributed by atoms with Gasteiger partial charge in [0.1, 0.15) is 10.4 Å². The van der Waals surface area contributed by atoms with Crippen LogP contribution >= 0.6 is 11.3 Å². The molecular formula is C12H7NO3S. The quantitative estimate of drug-likeness (QED) is 0.752. The van der Waals surface area contributed by atoms with Gasteiger partial charge in [0.25, 0.3) is 0 Å². The van der Waals surface area contributed by atoms with Gasteiger partial charge < -0.3 is 9.52 Å². The molecule has 0 fully saturated rings. The Morgan fingerprint density at radius 1 is 1.29 bits per heavy atom. The van der Waals surface area contributed by atoms with Gasteiger partial charge in [0, 0.05) is 5.56 Å². The second kappa shape index (κ2) is 3.71. The molecule has 0 atom stereocenters. The summed E-state index contributed by atoms with van der Waals surface area (Å²) in [6.45, 7) is 0. The number of hydrogen-bond donors (Lipinski definition) is 1. The molecule has 0 aliphatic carbocycles. The van der Waals surface area contributed by atoms with Crippen molar-refractivity contribution in [3.63, 3.8) is 0 Å².